The van der Waals surface area contributed by atoms with Crippen molar-refractivity contribution in [2.75, 3.05) is 6.61 Å². The van der Waals surface area contributed by atoms with Crippen molar-refractivity contribution in [1.82, 2.24) is 0 Å². The molecule has 0 aromatic rings. The summed E-state index contributed by atoms with van der Waals surface area (Å²) in [4.78, 5) is 58.8. The van der Waals surface area contributed by atoms with Gasteiger partial charge < -0.3 is 45.6 Å². The quantitative estimate of drug-likeness (QED) is 0.0895. The van der Waals surface area contributed by atoms with Crippen LogP contribution in [0.3, 0.4) is 0 Å². The molecule has 0 aliphatic rings. The molecule has 0 aromatic heterocycles. The molecule has 0 bridgehead atoms. The third-order valence-corrected chi connectivity index (χ3v) is 2.26. The van der Waals surface area contributed by atoms with Crippen LogP contribution in [-0.4, -0.2) is 78.8 Å². The number of carbonyl (C=O) groups is 5. The molecule has 0 spiro atoms. The molecule has 0 rings (SSSR count). The molecule has 0 aromatic carbocycles. The summed E-state index contributed by atoms with van der Waals surface area (Å²) in [5, 5.41) is 69.5. The summed E-state index contributed by atoms with van der Waals surface area (Å²) in [5.74, 6) is -11.6. The van der Waals surface area contributed by atoms with Crippen molar-refractivity contribution < 1.29 is 86.7 Å². The first-order valence-electron chi connectivity index (χ1n) is 5.94. The average molecular weight is 438 g/mol. The molecule has 0 fully saturated rings. The fourth-order valence-corrected chi connectivity index (χ4v) is 0.961. The van der Waals surface area contributed by atoms with Crippen LogP contribution in [0.5, 0.6) is 0 Å². The Morgan fingerprint density at radius 1 is 0.926 bits per heavy atom. The van der Waals surface area contributed by atoms with Crippen LogP contribution in [0.15, 0.2) is 6.58 Å². The van der Waals surface area contributed by atoms with E-state index in [0.29, 0.717) is 0 Å². The molecule has 0 amide bonds. The van der Waals surface area contributed by atoms with Gasteiger partial charge in [0.25, 0.3) is 0 Å². The van der Waals surface area contributed by atoms with E-state index in [1.165, 1.54) is 5.94 Å². The number of aliphatic hydroxyl groups is 2. The van der Waals surface area contributed by atoms with Gasteiger partial charge in [-0.3, -0.25) is 19.2 Å². The summed E-state index contributed by atoms with van der Waals surface area (Å²) in [7, 11) is 0. The van der Waals surface area contributed by atoms with Crippen LogP contribution in [0.4, 0.5) is 0 Å². The maximum Gasteiger partial charge on any atom is 0.323 e. The molecule has 1 atom stereocenters. The van der Waals surface area contributed by atoms with Crippen molar-refractivity contribution in [1.29, 1.82) is 0 Å². The molecule has 14 nitrogen and oxygen atoms in total. The second-order valence-electron chi connectivity index (χ2n) is 4.20. The van der Waals surface area contributed by atoms with E-state index in [9.17, 15) is 34.2 Å². The Labute approximate surface area is 160 Å². The molecule has 0 saturated heterocycles. The fourth-order valence-electron chi connectivity index (χ4n) is 0.961. The second-order valence-corrected chi connectivity index (χ2v) is 4.20. The van der Waals surface area contributed by atoms with Crippen molar-refractivity contribution in [2.24, 2.45) is 5.41 Å². The molecule has 0 saturated carbocycles. The maximum atomic E-state index is 10.4. The number of carbonyl (C=O) groups excluding carboxylic acids is 2. The summed E-state index contributed by atoms with van der Waals surface area (Å²) in [5.41, 5.74) is -2.71. The van der Waals surface area contributed by atoms with E-state index >= 15 is 0 Å². The molecule has 6 N–H and O–H groups in total. The van der Waals surface area contributed by atoms with E-state index in [4.69, 9.17) is 35.4 Å². The molecule has 15 heteroatoms. The number of aliphatic hydroxyl groups excluding tert-OH is 1. The van der Waals surface area contributed by atoms with Gasteiger partial charge in [0.05, 0.1) is 13.0 Å². The average Bonchev–Trinajstić information content (AvgIpc) is 2.43. The van der Waals surface area contributed by atoms with E-state index < -0.39 is 60.5 Å². The van der Waals surface area contributed by atoms with Crippen molar-refractivity contribution in [3.8, 4) is 0 Å². The van der Waals surface area contributed by atoms with Gasteiger partial charge in [-0.1, -0.05) is 0 Å². The van der Waals surface area contributed by atoms with Crippen LogP contribution in [0.2, 0.25) is 0 Å². The topological polar surface area (TPSA) is 270 Å². The van der Waals surface area contributed by atoms with Gasteiger partial charge in [-0.15, -0.1) is 0 Å². The first-order chi connectivity index (χ1) is 11.6. The van der Waals surface area contributed by atoms with Gasteiger partial charge in [0.15, 0.2) is 5.41 Å². The first kappa shape index (κ1) is 31.9. The normalized spacial score (nSPS) is 11.4. The Balaban J connectivity index is -0.000000169. The number of hydrogen-bond acceptors (Lipinski definition) is 10. The molecule has 0 heterocycles. The number of rotatable bonds is 8. The van der Waals surface area contributed by atoms with Gasteiger partial charge in [-0.2, -0.15) is 0 Å². The largest absolute Gasteiger partial charge is 0.820 e. The standard InChI is InChI=1S/C6H8O7.C4H5O6.C2H2O.Fe/c7-2-6(4(10)11,5(12)13)1-3(8)9;5-2(6)1-4(9,10)3(7)8;1-2-3;/h7H,1-2H2,(H,8,9)(H,10,11)(H,12,13);9H,1H2,(H,5,6)(H,7,8);1H2;/q;-1;;/p-1. The third-order valence-electron chi connectivity index (χ3n) is 2.26. The van der Waals surface area contributed by atoms with Gasteiger partial charge >= 0.3 is 23.9 Å². The summed E-state index contributed by atoms with van der Waals surface area (Å²) in [6.45, 7) is 1.38. The van der Waals surface area contributed by atoms with E-state index in [2.05, 4.69) is 6.58 Å². The van der Waals surface area contributed by atoms with Crippen LogP contribution in [0, 0.1) is 5.41 Å². The SMILES string of the molecule is C=C=O.O=C(O)CC([O-])(O)C(=O)O.O=C([O-])CC(CO)(C(=O)O)C(=O)O.[Fe]. The van der Waals surface area contributed by atoms with Crippen LogP contribution in [0.1, 0.15) is 12.8 Å². The first-order valence-corrected chi connectivity index (χ1v) is 5.94. The third kappa shape index (κ3) is 13.1. The Morgan fingerprint density at radius 2 is 1.26 bits per heavy atom. The predicted molar refractivity (Wildman–Crippen MR) is 70.6 cm³/mol. The van der Waals surface area contributed by atoms with E-state index in [1.54, 1.807) is 0 Å². The molecule has 0 radical (unpaired) electrons. The summed E-state index contributed by atoms with van der Waals surface area (Å²) < 4.78 is 0. The van der Waals surface area contributed by atoms with Crippen molar-refractivity contribution in [2.45, 2.75) is 18.6 Å². The Hall–Kier alpha value is -2.80. The van der Waals surface area contributed by atoms with Gasteiger partial charge in [0, 0.05) is 29.5 Å². The fraction of sp³-hybridized carbons (Fsp3) is 0.417. The van der Waals surface area contributed by atoms with Gasteiger partial charge in [-0.05, 0) is 6.58 Å². The summed E-state index contributed by atoms with van der Waals surface area (Å²) in [6, 6.07) is 0. The van der Waals surface area contributed by atoms with E-state index in [-0.39, 0.29) is 17.1 Å². The zero-order valence-corrected chi connectivity index (χ0v) is 14.2. The Morgan fingerprint density at radius 3 is 1.33 bits per heavy atom. The maximum absolute atomic E-state index is 10.4. The number of carboxylic acids is 5. The number of carboxylic acid groups (broad SMARTS) is 5. The monoisotopic (exact) mass is 438 g/mol. The molecule has 156 valence electrons. The molecule has 27 heavy (non-hydrogen) atoms. The molecule has 1 unspecified atom stereocenters. The van der Waals surface area contributed by atoms with E-state index in [0.717, 1.165) is 0 Å². The van der Waals surface area contributed by atoms with Gasteiger partial charge in [0.2, 0.25) is 0 Å². The zero-order chi connectivity index (χ0) is 21.7. The zero-order valence-electron chi connectivity index (χ0n) is 13.1. The van der Waals surface area contributed by atoms with Crippen LogP contribution >= 0.6 is 0 Å². The molecular formula is C12H14FeO14-2. The van der Waals surface area contributed by atoms with Crippen molar-refractivity contribution in [3.05, 3.63) is 6.58 Å². The summed E-state index contributed by atoms with van der Waals surface area (Å²) >= 11 is 0. The van der Waals surface area contributed by atoms with Gasteiger partial charge in [-0.25, -0.2) is 4.79 Å². The Kier molecular flexibility index (Phi) is 17.0. The number of aliphatic carboxylic acids is 5. The van der Waals surface area contributed by atoms with Gasteiger partial charge in [0.1, 0.15) is 11.7 Å². The van der Waals surface area contributed by atoms with Crippen molar-refractivity contribution in [3.63, 3.8) is 0 Å². The van der Waals surface area contributed by atoms with Crippen LogP contribution in [0.25, 0.3) is 0 Å². The minimum absolute atomic E-state index is 0. The second kappa shape index (κ2) is 14.4. The van der Waals surface area contributed by atoms with Crippen molar-refractivity contribution >= 4 is 35.8 Å². The summed E-state index contributed by atoms with van der Waals surface area (Å²) in [6.07, 6.45) is -2.61. The molecule has 0 aliphatic carbocycles. The van der Waals surface area contributed by atoms with Crippen LogP contribution in [-0.2, 0) is 45.8 Å². The minimum Gasteiger partial charge on any atom is -0.820 e. The molecular weight excluding hydrogens is 424 g/mol. The Bertz CT molecular complexity index is 561. The molecule has 0 aliphatic heterocycles. The van der Waals surface area contributed by atoms with Crippen LogP contribution < -0.4 is 10.2 Å². The number of hydrogen-bond donors (Lipinski definition) is 6. The smallest absolute Gasteiger partial charge is 0.323 e. The minimum atomic E-state index is -3.41. The predicted octanol–water partition coefficient (Wildman–Crippen LogP) is -5.13. The van der Waals surface area contributed by atoms with E-state index in [1.807, 2.05) is 0 Å².